The van der Waals surface area contributed by atoms with Gasteiger partial charge in [0, 0.05) is 12.2 Å². The topological polar surface area (TPSA) is 94.0 Å². The monoisotopic (exact) mass is 248 g/mol. The predicted molar refractivity (Wildman–Crippen MR) is 67.3 cm³/mol. The summed E-state index contributed by atoms with van der Waals surface area (Å²) in [5, 5.41) is 7.33. The molecule has 0 atom stereocenters. The van der Waals surface area contributed by atoms with Gasteiger partial charge >= 0.3 is 0 Å². The largest absolute Gasteiger partial charge is 0.352 e. The number of hydrogen-bond acceptors (Lipinski definition) is 5. The van der Waals surface area contributed by atoms with Gasteiger partial charge in [-0.2, -0.15) is 0 Å². The molecule has 18 heavy (non-hydrogen) atoms. The molecule has 0 bridgehead atoms. The van der Waals surface area contributed by atoms with Gasteiger partial charge in [-0.1, -0.05) is 5.16 Å². The molecule has 1 amide bonds. The first-order valence-electron chi connectivity index (χ1n) is 5.85. The van der Waals surface area contributed by atoms with E-state index >= 15 is 0 Å². The highest BCUT2D eigenvalue weighted by atomic mass is 16.5. The zero-order valence-corrected chi connectivity index (χ0v) is 10.5. The predicted octanol–water partition coefficient (Wildman–Crippen LogP) is 0.918. The molecule has 3 N–H and O–H groups in total. The number of nitrogens with two attached hydrogens (primary N) is 1. The Hall–Kier alpha value is -1.95. The fourth-order valence-electron chi connectivity index (χ4n) is 1.80. The van der Waals surface area contributed by atoms with E-state index in [1.165, 1.54) is 0 Å². The lowest BCUT2D eigenvalue weighted by Gasteiger charge is -2.06. The number of nitrogens with zero attached hydrogens (tertiary/aromatic N) is 2. The van der Waals surface area contributed by atoms with Gasteiger partial charge in [-0.05, 0) is 32.9 Å². The molecule has 0 unspecified atom stereocenters. The maximum atomic E-state index is 12.1. The molecular formula is C12H16N4O2. The Morgan fingerprint density at radius 3 is 3.00 bits per heavy atom. The molecule has 0 fully saturated rings. The summed E-state index contributed by atoms with van der Waals surface area (Å²) < 4.78 is 5.08. The third kappa shape index (κ3) is 2.33. The molecule has 96 valence electrons. The zero-order chi connectivity index (χ0) is 13.1. The Morgan fingerprint density at radius 1 is 1.50 bits per heavy atom. The maximum Gasteiger partial charge on any atom is 0.258 e. The first-order valence-corrected chi connectivity index (χ1v) is 5.85. The van der Waals surface area contributed by atoms with Crippen LogP contribution in [-0.4, -0.2) is 29.1 Å². The summed E-state index contributed by atoms with van der Waals surface area (Å²) in [4.78, 5) is 16.3. The van der Waals surface area contributed by atoms with Crippen molar-refractivity contribution in [1.29, 1.82) is 0 Å². The number of nitrogens with one attached hydrogen (secondary N) is 1. The van der Waals surface area contributed by atoms with Crippen molar-refractivity contribution in [2.45, 2.75) is 20.3 Å². The first kappa shape index (κ1) is 12.5. The second-order valence-electron chi connectivity index (χ2n) is 4.16. The van der Waals surface area contributed by atoms with E-state index in [4.69, 9.17) is 10.3 Å². The van der Waals surface area contributed by atoms with Crippen molar-refractivity contribution in [2.75, 3.05) is 13.1 Å². The number of hydrogen-bond donors (Lipinski definition) is 2. The van der Waals surface area contributed by atoms with Crippen LogP contribution < -0.4 is 11.1 Å². The smallest absolute Gasteiger partial charge is 0.258 e. The number of aromatic nitrogens is 2. The molecule has 2 aromatic rings. The number of rotatable bonds is 4. The number of aryl methyl sites for hydroxylation is 2. The summed E-state index contributed by atoms with van der Waals surface area (Å²) >= 11 is 0. The fourth-order valence-corrected chi connectivity index (χ4v) is 1.80. The summed E-state index contributed by atoms with van der Waals surface area (Å²) in [5.74, 6) is -0.148. The average molecular weight is 248 g/mol. The molecule has 0 aliphatic carbocycles. The summed E-state index contributed by atoms with van der Waals surface area (Å²) in [7, 11) is 0. The molecule has 0 saturated heterocycles. The first-order chi connectivity index (χ1) is 8.63. The SMILES string of the molecule is Cc1cc(C(=O)NCCCN)c2c(C)noc2n1. The Balaban J connectivity index is 2.36. The molecule has 6 heteroatoms. The minimum atomic E-state index is -0.148. The van der Waals surface area contributed by atoms with E-state index in [0.29, 0.717) is 35.4 Å². The molecule has 2 heterocycles. The fraction of sp³-hybridized carbons (Fsp3) is 0.417. The van der Waals surface area contributed by atoms with Crippen molar-refractivity contribution >= 4 is 17.0 Å². The quantitative estimate of drug-likeness (QED) is 0.784. The van der Waals surface area contributed by atoms with Crippen molar-refractivity contribution in [3.05, 3.63) is 23.0 Å². The molecule has 0 aliphatic heterocycles. The van der Waals surface area contributed by atoms with E-state index in [0.717, 1.165) is 12.1 Å². The Labute approximate surface area is 105 Å². The van der Waals surface area contributed by atoms with E-state index < -0.39 is 0 Å². The van der Waals surface area contributed by atoms with Crippen molar-refractivity contribution < 1.29 is 9.32 Å². The van der Waals surface area contributed by atoms with Crippen LogP contribution in [0.1, 0.15) is 28.2 Å². The van der Waals surface area contributed by atoms with E-state index in [1.54, 1.807) is 13.0 Å². The van der Waals surface area contributed by atoms with Crippen LogP contribution in [0, 0.1) is 13.8 Å². The van der Waals surface area contributed by atoms with Crippen molar-refractivity contribution in [1.82, 2.24) is 15.5 Å². The van der Waals surface area contributed by atoms with Gasteiger partial charge in [-0.25, -0.2) is 4.98 Å². The minimum Gasteiger partial charge on any atom is -0.352 e. The standard InChI is InChI=1S/C12H16N4O2/c1-7-6-9(11(17)14-5-3-4-13)10-8(2)16-18-12(10)15-7/h6H,3-5,13H2,1-2H3,(H,14,17). The molecule has 0 radical (unpaired) electrons. The van der Waals surface area contributed by atoms with Crippen LogP contribution in [0.4, 0.5) is 0 Å². The number of carbonyl (C=O) groups is 1. The van der Waals surface area contributed by atoms with Gasteiger partial charge in [0.25, 0.3) is 11.6 Å². The van der Waals surface area contributed by atoms with Gasteiger partial charge in [0.1, 0.15) is 0 Å². The van der Waals surface area contributed by atoms with Crippen LogP contribution in [0.25, 0.3) is 11.1 Å². The molecule has 0 aromatic carbocycles. The highest BCUT2D eigenvalue weighted by Gasteiger charge is 2.17. The van der Waals surface area contributed by atoms with Crippen LogP contribution in [0.15, 0.2) is 10.6 Å². The molecule has 6 nitrogen and oxygen atoms in total. The highest BCUT2D eigenvalue weighted by Crippen LogP contribution is 2.21. The number of fused-ring (bicyclic) bond motifs is 1. The van der Waals surface area contributed by atoms with Crippen molar-refractivity contribution in [3.63, 3.8) is 0 Å². The van der Waals surface area contributed by atoms with E-state index in [-0.39, 0.29) is 5.91 Å². The van der Waals surface area contributed by atoms with Crippen LogP contribution in [-0.2, 0) is 0 Å². The molecule has 0 aliphatic rings. The molecule has 2 rings (SSSR count). The number of pyridine rings is 1. The highest BCUT2D eigenvalue weighted by molar-refractivity contribution is 6.05. The second-order valence-corrected chi connectivity index (χ2v) is 4.16. The maximum absolute atomic E-state index is 12.1. The van der Waals surface area contributed by atoms with Gasteiger partial charge in [-0.15, -0.1) is 0 Å². The van der Waals surface area contributed by atoms with E-state index in [2.05, 4.69) is 15.5 Å². The third-order valence-electron chi connectivity index (χ3n) is 2.66. The Kier molecular flexibility index (Phi) is 3.57. The Morgan fingerprint density at radius 2 is 2.28 bits per heavy atom. The third-order valence-corrected chi connectivity index (χ3v) is 2.66. The van der Waals surface area contributed by atoms with Gasteiger partial charge in [0.05, 0.1) is 16.6 Å². The van der Waals surface area contributed by atoms with E-state index in [1.807, 2.05) is 6.92 Å². The minimum absolute atomic E-state index is 0.148. The van der Waals surface area contributed by atoms with Crippen molar-refractivity contribution in [3.8, 4) is 0 Å². The molecule has 2 aromatic heterocycles. The average Bonchev–Trinajstić information content (AvgIpc) is 2.70. The normalized spacial score (nSPS) is 10.8. The lowest BCUT2D eigenvalue weighted by atomic mass is 10.1. The summed E-state index contributed by atoms with van der Waals surface area (Å²) in [6.07, 6.45) is 0.752. The van der Waals surface area contributed by atoms with Gasteiger partial charge in [0.2, 0.25) is 0 Å². The van der Waals surface area contributed by atoms with Crippen molar-refractivity contribution in [2.24, 2.45) is 5.73 Å². The molecular weight excluding hydrogens is 232 g/mol. The lowest BCUT2D eigenvalue weighted by molar-refractivity contribution is 0.0955. The van der Waals surface area contributed by atoms with Crippen LogP contribution in [0.5, 0.6) is 0 Å². The number of carbonyl (C=O) groups excluding carboxylic acids is 1. The zero-order valence-electron chi connectivity index (χ0n) is 10.5. The van der Waals surface area contributed by atoms with Crippen LogP contribution >= 0.6 is 0 Å². The van der Waals surface area contributed by atoms with Crippen LogP contribution in [0.2, 0.25) is 0 Å². The summed E-state index contributed by atoms with van der Waals surface area (Å²) in [6.45, 7) is 4.72. The number of amides is 1. The van der Waals surface area contributed by atoms with E-state index in [9.17, 15) is 4.79 Å². The molecule has 0 spiro atoms. The summed E-state index contributed by atoms with van der Waals surface area (Å²) in [5.41, 5.74) is 7.73. The lowest BCUT2D eigenvalue weighted by Crippen LogP contribution is -2.26. The Bertz CT molecular complexity index is 577. The second kappa shape index (κ2) is 5.14. The van der Waals surface area contributed by atoms with Gasteiger partial charge < -0.3 is 15.6 Å². The molecule has 0 saturated carbocycles. The van der Waals surface area contributed by atoms with Crippen LogP contribution in [0.3, 0.4) is 0 Å². The van der Waals surface area contributed by atoms with Gasteiger partial charge in [0.15, 0.2) is 0 Å². The van der Waals surface area contributed by atoms with Gasteiger partial charge in [-0.3, -0.25) is 4.79 Å². The summed E-state index contributed by atoms with van der Waals surface area (Å²) in [6, 6.07) is 1.74.